The van der Waals surface area contributed by atoms with E-state index in [1.54, 1.807) is 18.2 Å². The van der Waals surface area contributed by atoms with Crippen molar-refractivity contribution in [2.45, 2.75) is 19.9 Å². The molecule has 0 saturated heterocycles. The minimum atomic E-state index is -0.365. The van der Waals surface area contributed by atoms with E-state index in [1.165, 1.54) is 37.9 Å². The summed E-state index contributed by atoms with van der Waals surface area (Å²) in [6.45, 7) is 2.27. The van der Waals surface area contributed by atoms with Crippen LogP contribution in [0.15, 0.2) is 47.4 Å². The van der Waals surface area contributed by atoms with E-state index in [0.717, 1.165) is 33.5 Å². The van der Waals surface area contributed by atoms with E-state index in [-0.39, 0.29) is 35.4 Å². The van der Waals surface area contributed by atoms with Gasteiger partial charge in [-0.2, -0.15) is 4.37 Å². The highest BCUT2D eigenvalue weighted by Gasteiger charge is 2.26. The molecule has 4 rings (SSSR count). The van der Waals surface area contributed by atoms with Crippen molar-refractivity contribution in [3.63, 3.8) is 0 Å². The van der Waals surface area contributed by atoms with Gasteiger partial charge in [0, 0.05) is 5.38 Å². The Balaban J connectivity index is 1.70. The van der Waals surface area contributed by atoms with Gasteiger partial charge in [-0.25, -0.2) is 4.39 Å². The highest BCUT2D eigenvalue weighted by Crippen LogP contribution is 2.45. The average molecular weight is 467 g/mol. The number of amides is 1. The Labute approximate surface area is 195 Å². The van der Waals surface area contributed by atoms with E-state index >= 15 is 0 Å². The number of halogens is 1. The number of nitrogens with zero attached hydrogens (tertiary/aromatic N) is 1. The standard InChI is InChI=1S/C25H23FN2O4S/c1-14-19(8-15-9-22(31-2)25(30)23(10-15)32-3)18-5-4-16(26)11-21(18)20(14)12-24(29)27-13-17-6-7-33-28-17/h4-11,30H,12-13H2,1-3H3,(H,27,29). The Morgan fingerprint density at radius 1 is 1.15 bits per heavy atom. The Bertz CT molecular complexity index is 1240. The van der Waals surface area contributed by atoms with E-state index < -0.39 is 0 Å². The molecular formula is C25H23FN2O4S. The first-order chi connectivity index (χ1) is 15.9. The molecule has 0 fully saturated rings. The molecule has 0 aliphatic heterocycles. The number of phenols is 1. The monoisotopic (exact) mass is 466 g/mol. The summed E-state index contributed by atoms with van der Waals surface area (Å²) in [5.74, 6) is -0.0534. The SMILES string of the molecule is COc1cc(C=C2C(C)=C(CC(=O)NCc3ccsn3)c3cc(F)ccc32)cc(OC)c1O. The number of fused-ring (bicyclic) bond motifs is 1. The third-order valence-corrected chi connectivity index (χ3v) is 6.16. The summed E-state index contributed by atoms with van der Waals surface area (Å²) in [6, 6.07) is 9.83. The van der Waals surface area contributed by atoms with Crippen LogP contribution >= 0.6 is 11.5 Å². The first-order valence-corrected chi connectivity index (χ1v) is 11.1. The molecule has 1 aromatic heterocycles. The second-order valence-electron chi connectivity index (χ2n) is 7.57. The van der Waals surface area contributed by atoms with E-state index in [9.17, 15) is 14.3 Å². The van der Waals surface area contributed by atoms with Gasteiger partial charge in [-0.3, -0.25) is 4.79 Å². The molecule has 1 amide bonds. The number of aromatic hydroxyl groups is 1. The first-order valence-electron chi connectivity index (χ1n) is 10.2. The van der Waals surface area contributed by atoms with Crippen LogP contribution in [-0.4, -0.2) is 29.6 Å². The van der Waals surface area contributed by atoms with E-state index in [2.05, 4.69) is 9.69 Å². The molecule has 6 nitrogen and oxygen atoms in total. The van der Waals surface area contributed by atoms with Crippen LogP contribution in [0.5, 0.6) is 17.2 Å². The van der Waals surface area contributed by atoms with Crippen molar-refractivity contribution in [2.24, 2.45) is 0 Å². The Hall–Kier alpha value is -3.65. The molecule has 33 heavy (non-hydrogen) atoms. The molecular weight excluding hydrogens is 443 g/mol. The summed E-state index contributed by atoms with van der Waals surface area (Å²) in [4.78, 5) is 12.7. The fourth-order valence-corrected chi connectivity index (χ4v) is 4.43. The van der Waals surface area contributed by atoms with Gasteiger partial charge < -0.3 is 19.9 Å². The van der Waals surface area contributed by atoms with Crippen molar-refractivity contribution in [3.05, 3.63) is 75.6 Å². The van der Waals surface area contributed by atoms with Gasteiger partial charge in [-0.1, -0.05) is 6.07 Å². The Morgan fingerprint density at radius 3 is 2.52 bits per heavy atom. The maximum absolute atomic E-state index is 14.1. The maximum Gasteiger partial charge on any atom is 0.224 e. The van der Waals surface area contributed by atoms with Gasteiger partial charge in [0.25, 0.3) is 0 Å². The quantitative estimate of drug-likeness (QED) is 0.510. The van der Waals surface area contributed by atoms with Crippen LogP contribution in [0.4, 0.5) is 4.39 Å². The number of carbonyl (C=O) groups is 1. The van der Waals surface area contributed by atoms with Gasteiger partial charge in [-0.05, 0) is 88.3 Å². The molecule has 2 aromatic carbocycles. The van der Waals surface area contributed by atoms with Crippen LogP contribution < -0.4 is 14.8 Å². The molecule has 1 heterocycles. The lowest BCUT2D eigenvalue weighted by molar-refractivity contribution is -0.120. The third kappa shape index (κ3) is 4.61. The predicted molar refractivity (Wildman–Crippen MR) is 127 cm³/mol. The number of carbonyl (C=O) groups excluding carboxylic acids is 1. The van der Waals surface area contributed by atoms with Crippen molar-refractivity contribution >= 4 is 34.7 Å². The van der Waals surface area contributed by atoms with Crippen molar-refractivity contribution < 1.29 is 23.8 Å². The molecule has 0 spiro atoms. The number of hydrogen-bond acceptors (Lipinski definition) is 6. The van der Waals surface area contributed by atoms with Crippen molar-refractivity contribution in [1.82, 2.24) is 9.69 Å². The molecule has 0 bridgehead atoms. The van der Waals surface area contributed by atoms with Crippen molar-refractivity contribution in [2.75, 3.05) is 14.2 Å². The lowest BCUT2D eigenvalue weighted by Gasteiger charge is -2.11. The zero-order valence-corrected chi connectivity index (χ0v) is 19.3. The largest absolute Gasteiger partial charge is 0.502 e. The fraction of sp³-hybridized carbons (Fsp3) is 0.200. The summed E-state index contributed by atoms with van der Waals surface area (Å²) >= 11 is 1.33. The summed E-state index contributed by atoms with van der Waals surface area (Å²) < 4.78 is 28.8. The van der Waals surface area contributed by atoms with E-state index in [4.69, 9.17) is 9.47 Å². The number of allylic oxidation sites excluding steroid dienone is 2. The average Bonchev–Trinajstić information content (AvgIpc) is 3.41. The fourth-order valence-electron chi connectivity index (χ4n) is 3.89. The molecule has 0 saturated carbocycles. The number of phenolic OH excluding ortho intramolecular Hbond substituents is 1. The summed E-state index contributed by atoms with van der Waals surface area (Å²) in [5, 5.41) is 14.9. The Morgan fingerprint density at radius 2 is 1.88 bits per heavy atom. The predicted octanol–water partition coefficient (Wildman–Crippen LogP) is 5.04. The van der Waals surface area contributed by atoms with Gasteiger partial charge in [0.05, 0.1) is 32.9 Å². The molecule has 0 atom stereocenters. The highest BCUT2D eigenvalue weighted by atomic mass is 32.1. The van der Waals surface area contributed by atoms with Crippen LogP contribution in [0.1, 0.15) is 35.7 Å². The van der Waals surface area contributed by atoms with Gasteiger partial charge in [0.2, 0.25) is 11.7 Å². The van der Waals surface area contributed by atoms with Crippen molar-refractivity contribution in [1.29, 1.82) is 0 Å². The van der Waals surface area contributed by atoms with Gasteiger partial charge in [0.15, 0.2) is 11.5 Å². The maximum atomic E-state index is 14.1. The molecule has 3 aromatic rings. The molecule has 1 aliphatic rings. The zero-order valence-electron chi connectivity index (χ0n) is 18.4. The lowest BCUT2D eigenvalue weighted by Crippen LogP contribution is -2.22. The highest BCUT2D eigenvalue weighted by molar-refractivity contribution is 7.03. The second kappa shape index (κ2) is 9.46. The number of nitrogens with one attached hydrogen (secondary N) is 1. The molecule has 0 radical (unpaired) electrons. The number of rotatable bonds is 7. The van der Waals surface area contributed by atoms with Crippen LogP contribution in [0.2, 0.25) is 0 Å². The molecule has 170 valence electrons. The summed E-state index contributed by atoms with van der Waals surface area (Å²) in [5.41, 5.74) is 5.58. The smallest absolute Gasteiger partial charge is 0.224 e. The van der Waals surface area contributed by atoms with E-state index in [1.807, 2.05) is 24.4 Å². The topological polar surface area (TPSA) is 80.7 Å². The Kier molecular flexibility index (Phi) is 6.46. The van der Waals surface area contributed by atoms with Gasteiger partial charge in [-0.15, -0.1) is 0 Å². The number of ether oxygens (including phenoxy) is 2. The molecule has 8 heteroatoms. The number of methoxy groups -OCH3 is 2. The van der Waals surface area contributed by atoms with Crippen LogP contribution in [-0.2, 0) is 11.3 Å². The third-order valence-electron chi connectivity index (χ3n) is 5.56. The second-order valence-corrected chi connectivity index (χ2v) is 8.24. The number of aromatic nitrogens is 1. The molecule has 2 N–H and O–H groups in total. The number of hydrogen-bond donors (Lipinski definition) is 2. The first kappa shape index (κ1) is 22.5. The zero-order chi connectivity index (χ0) is 23.5. The van der Waals surface area contributed by atoms with Gasteiger partial charge >= 0.3 is 0 Å². The van der Waals surface area contributed by atoms with Crippen molar-refractivity contribution in [3.8, 4) is 17.2 Å². The lowest BCUT2D eigenvalue weighted by atomic mass is 10.00. The summed E-state index contributed by atoms with van der Waals surface area (Å²) in [6.07, 6.45) is 2.03. The number of benzene rings is 2. The molecule has 0 unspecified atom stereocenters. The molecule has 1 aliphatic carbocycles. The van der Waals surface area contributed by atoms with E-state index in [0.29, 0.717) is 12.1 Å². The van der Waals surface area contributed by atoms with Crippen LogP contribution in [0.3, 0.4) is 0 Å². The minimum absolute atomic E-state index is 0.0826. The normalized spacial score (nSPS) is 13.9. The minimum Gasteiger partial charge on any atom is -0.502 e. The van der Waals surface area contributed by atoms with Crippen LogP contribution in [0, 0.1) is 5.82 Å². The van der Waals surface area contributed by atoms with Crippen LogP contribution in [0.25, 0.3) is 17.2 Å². The van der Waals surface area contributed by atoms with Gasteiger partial charge in [0.1, 0.15) is 5.82 Å². The summed E-state index contributed by atoms with van der Waals surface area (Å²) in [7, 11) is 2.93.